The molecule has 4 rings (SSSR count). The molecule has 8 heteroatoms. The maximum absolute atomic E-state index is 13.0. The van der Waals surface area contributed by atoms with Crippen LogP contribution in [0.15, 0.2) is 18.2 Å². The molecule has 32 heavy (non-hydrogen) atoms. The van der Waals surface area contributed by atoms with Crippen molar-refractivity contribution in [1.29, 1.82) is 0 Å². The number of ether oxygens (including phenoxy) is 2. The Morgan fingerprint density at radius 2 is 1.91 bits per heavy atom. The summed E-state index contributed by atoms with van der Waals surface area (Å²) in [7, 11) is 1.60. The first-order valence-electron chi connectivity index (χ1n) is 11.7. The van der Waals surface area contributed by atoms with Crippen molar-refractivity contribution >= 4 is 17.8 Å². The van der Waals surface area contributed by atoms with E-state index in [1.54, 1.807) is 7.11 Å². The van der Waals surface area contributed by atoms with Crippen molar-refractivity contribution < 1.29 is 23.9 Å². The Bertz CT molecular complexity index is 882. The van der Waals surface area contributed by atoms with Crippen LogP contribution in [0.3, 0.4) is 0 Å². The van der Waals surface area contributed by atoms with Crippen LogP contribution >= 0.6 is 0 Å². The van der Waals surface area contributed by atoms with Gasteiger partial charge in [0.15, 0.2) is 11.5 Å². The van der Waals surface area contributed by atoms with Gasteiger partial charge in [0, 0.05) is 6.54 Å². The van der Waals surface area contributed by atoms with Gasteiger partial charge >= 0.3 is 6.03 Å². The molecule has 1 aromatic carbocycles. The highest BCUT2D eigenvalue weighted by Crippen LogP contribution is 2.38. The third kappa shape index (κ3) is 4.40. The Hall–Kier alpha value is -2.77. The third-order valence-electron chi connectivity index (χ3n) is 7.12. The maximum atomic E-state index is 13.0. The van der Waals surface area contributed by atoms with Crippen LogP contribution in [-0.4, -0.2) is 48.0 Å². The number of nitrogens with zero attached hydrogens (tertiary/aromatic N) is 1. The molecule has 2 aliphatic carbocycles. The van der Waals surface area contributed by atoms with E-state index >= 15 is 0 Å². The number of rotatable bonds is 7. The molecule has 3 aliphatic rings. The van der Waals surface area contributed by atoms with Gasteiger partial charge in [0.05, 0.1) is 13.2 Å². The van der Waals surface area contributed by atoms with Crippen molar-refractivity contribution in [2.45, 2.75) is 76.5 Å². The van der Waals surface area contributed by atoms with Crippen molar-refractivity contribution in [3.05, 3.63) is 23.8 Å². The van der Waals surface area contributed by atoms with Crippen LogP contribution in [0.2, 0.25) is 0 Å². The summed E-state index contributed by atoms with van der Waals surface area (Å²) in [6, 6.07) is 5.12. The SMILES string of the molecule is COc1cc(CNC(=O)CN2C(=O)N[C@@]3(CCCC[C@H]3C)C2=O)ccc1OC1CCCC1. The number of carbonyl (C=O) groups is 3. The topological polar surface area (TPSA) is 97.0 Å². The highest BCUT2D eigenvalue weighted by molar-refractivity contribution is 6.09. The minimum absolute atomic E-state index is 0.0678. The molecule has 2 saturated carbocycles. The van der Waals surface area contributed by atoms with Gasteiger partial charge in [-0.3, -0.25) is 14.5 Å². The van der Waals surface area contributed by atoms with Gasteiger partial charge < -0.3 is 20.1 Å². The van der Waals surface area contributed by atoms with E-state index in [1.165, 1.54) is 12.8 Å². The van der Waals surface area contributed by atoms with Crippen molar-refractivity contribution in [3.8, 4) is 11.5 Å². The first kappa shape index (κ1) is 22.4. The van der Waals surface area contributed by atoms with Gasteiger partial charge in [-0.25, -0.2) is 4.79 Å². The number of benzene rings is 1. The third-order valence-corrected chi connectivity index (χ3v) is 7.12. The summed E-state index contributed by atoms with van der Waals surface area (Å²) in [5.41, 5.74) is 0.00143. The van der Waals surface area contributed by atoms with Gasteiger partial charge in [-0.05, 0) is 62.1 Å². The molecule has 1 aromatic rings. The standard InChI is InChI=1S/C24H33N3O5/c1-16-7-5-6-12-24(16)22(29)27(23(30)26-24)15-21(28)25-14-17-10-11-19(20(13-17)31-2)32-18-8-3-4-9-18/h10-11,13,16,18H,3-9,12,14-15H2,1-2H3,(H,25,28)(H,26,30)/t16-,24-/m1/s1. The Kier molecular flexibility index (Phi) is 6.58. The largest absolute Gasteiger partial charge is 0.493 e. The molecule has 4 amide bonds. The molecule has 2 N–H and O–H groups in total. The number of amides is 4. The number of methoxy groups -OCH3 is 1. The predicted molar refractivity (Wildman–Crippen MR) is 118 cm³/mol. The summed E-state index contributed by atoms with van der Waals surface area (Å²) in [6.45, 7) is 1.98. The van der Waals surface area contributed by atoms with Crippen LogP contribution in [0, 0.1) is 5.92 Å². The van der Waals surface area contributed by atoms with Gasteiger partial charge in [0.2, 0.25) is 5.91 Å². The van der Waals surface area contributed by atoms with E-state index < -0.39 is 11.6 Å². The van der Waals surface area contributed by atoms with Gasteiger partial charge in [0.25, 0.3) is 5.91 Å². The first-order chi connectivity index (χ1) is 15.4. The van der Waals surface area contributed by atoms with Crippen molar-refractivity contribution in [2.24, 2.45) is 5.92 Å². The molecular formula is C24H33N3O5. The average Bonchev–Trinajstić information content (AvgIpc) is 3.38. The highest BCUT2D eigenvalue weighted by Gasteiger charge is 2.55. The van der Waals surface area contributed by atoms with Gasteiger partial charge in [0.1, 0.15) is 12.1 Å². The molecule has 8 nitrogen and oxygen atoms in total. The summed E-state index contributed by atoms with van der Waals surface area (Å²) in [5, 5.41) is 5.68. The molecular weight excluding hydrogens is 410 g/mol. The van der Waals surface area contributed by atoms with Crippen LogP contribution in [0.5, 0.6) is 11.5 Å². The van der Waals surface area contributed by atoms with Crippen molar-refractivity contribution in [2.75, 3.05) is 13.7 Å². The summed E-state index contributed by atoms with van der Waals surface area (Å²) in [4.78, 5) is 39.0. The minimum atomic E-state index is -0.849. The monoisotopic (exact) mass is 443 g/mol. The lowest BCUT2D eigenvalue weighted by Crippen LogP contribution is -2.54. The second kappa shape index (κ2) is 9.38. The number of hydrogen-bond acceptors (Lipinski definition) is 5. The second-order valence-electron chi connectivity index (χ2n) is 9.23. The Morgan fingerprint density at radius 3 is 2.62 bits per heavy atom. The molecule has 2 atom stereocenters. The van der Waals surface area contributed by atoms with E-state index in [9.17, 15) is 14.4 Å². The van der Waals surface area contributed by atoms with Crippen molar-refractivity contribution in [1.82, 2.24) is 15.5 Å². The first-order valence-corrected chi connectivity index (χ1v) is 11.7. The predicted octanol–water partition coefficient (Wildman–Crippen LogP) is 3.13. The average molecular weight is 444 g/mol. The molecule has 1 heterocycles. The van der Waals surface area contributed by atoms with Gasteiger partial charge in [-0.2, -0.15) is 0 Å². The summed E-state index contributed by atoms with van der Waals surface area (Å²) >= 11 is 0. The second-order valence-corrected chi connectivity index (χ2v) is 9.23. The lowest BCUT2D eigenvalue weighted by atomic mass is 9.73. The van der Waals surface area contributed by atoms with Gasteiger partial charge in [-0.15, -0.1) is 0 Å². The van der Waals surface area contributed by atoms with Crippen molar-refractivity contribution in [3.63, 3.8) is 0 Å². The normalized spacial score (nSPS) is 25.8. The van der Waals surface area contributed by atoms with Gasteiger partial charge in [-0.1, -0.05) is 25.8 Å². The smallest absolute Gasteiger partial charge is 0.325 e. The fourth-order valence-corrected chi connectivity index (χ4v) is 5.14. The summed E-state index contributed by atoms with van der Waals surface area (Å²) in [5.74, 6) is 0.754. The lowest BCUT2D eigenvalue weighted by molar-refractivity contribution is -0.137. The van der Waals surface area contributed by atoms with E-state index in [-0.39, 0.29) is 36.9 Å². The number of imide groups is 1. The number of carbonyl (C=O) groups excluding carboxylic acids is 3. The molecule has 0 unspecified atom stereocenters. The number of nitrogens with one attached hydrogen (secondary N) is 2. The van der Waals surface area contributed by atoms with Crippen LogP contribution in [0.1, 0.15) is 63.9 Å². The zero-order chi connectivity index (χ0) is 22.7. The molecule has 0 radical (unpaired) electrons. The quantitative estimate of drug-likeness (QED) is 0.631. The zero-order valence-electron chi connectivity index (χ0n) is 18.9. The molecule has 0 aromatic heterocycles. The molecule has 1 saturated heterocycles. The lowest BCUT2D eigenvalue weighted by Gasteiger charge is -2.36. The van der Waals surface area contributed by atoms with Crippen LogP contribution in [-0.2, 0) is 16.1 Å². The highest BCUT2D eigenvalue weighted by atomic mass is 16.5. The Labute approximate surface area is 189 Å². The van der Waals surface area contributed by atoms with E-state index in [0.29, 0.717) is 17.9 Å². The van der Waals surface area contributed by atoms with Crippen LogP contribution in [0.25, 0.3) is 0 Å². The molecule has 1 aliphatic heterocycles. The van der Waals surface area contributed by atoms with E-state index in [0.717, 1.165) is 42.6 Å². The van der Waals surface area contributed by atoms with E-state index in [4.69, 9.17) is 9.47 Å². The Morgan fingerprint density at radius 1 is 1.16 bits per heavy atom. The fourth-order valence-electron chi connectivity index (χ4n) is 5.14. The summed E-state index contributed by atoms with van der Waals surface area (Å²) in [6.07, 6.45) is 8.21. The fraction of sp³-hybridized carbons (Fsp3) is 0.625. The number of hydrogen-bond donors (Lipinski definition) is 2. The maximum Gasteiger partial charge on any atom is 0.325 e. The Balaban J connectivity index is 1.33. The van der Waals surface area contributed by atoms with Crippen LogP contribution < -0.4 is 20.1 Å². The molecule has 174 valence electrons. The summed E-state index contributed by atoms with van der Waals surface area (Å²) < 4.78 is 11.5. The zero-order valence-corrected chi connectivity index (χ0v) is 18.9. The minimum Gasteiger partial charge on any atom is -0.493 e. The molecule has 0 bridgehead atoms. The number of urea groups is 1. The molecule has 1 spiro atoms. The van der Waals surface area contributed by atoms with E-state index in [2.05, 4.69) is 10.6 Å². The van der Waals surface area contributed by atoms with Crippen LogP contribution in [0.4, 0.5) is 4.79 Å². The molecule has 3 fully saturated rings. The van der Waals surface area contributed by atoms with E-state index in [1.807, 2.05) is 25.1 Å².